The molecule has 3 heterocycles. The van der Waals surface area contributed by atoms with E-state index in [1.807, 2.05) is 35.4 Å². The maximum Gasteiger partial charge on any atom is 0.237 e. The molecule has 6 nitrogen and oxygen atoms in total. The Labute approximate surface area is 189 Å². The van der Waals surface area contributed by atoms with Crippen molar-refractivity contribution in [1.29, 1.82) is 0 Å². The summed E-state index contributed by atoms with van der Waals surface area (Å²) in [6.07, 6.45) is 4.44. The summed E-state index contributed by atoms with van der Waals surface area (Å²) in [6, 6.07) is 10.3. The van der Waals surface area contributed by atoms with Crippen LogP contribution in [0.2, 0.25) is 0 Å². The van der Waals surface area contributed by atoms with Gasteiger partial charge in [-0.05, 0) is 48.6 Å². The summed E-state index contributed by atoms with van der Waals surface area (Å²) >= 11 is 1.44. The highest BCUT2D eigenvalue weighted by atomic mass is 32.2. The Kier molecular flexibility index (Phi) is 7.85. The van der Waals surface area contributed by atoms with Crippen molar-refractivity contribution in [3.05, 3.63) is 53.9 Å². The van der Waals surface area contributed by atoms with E-state index < -0.39 is 0 Å². The zero-order chi connectivity index (χ0) is 22.4. The number of nitrogens with zero attached hydrogens (tertiary/aromatic N) is 5. The number of anilines is 1. The lowest BCUT2D eigenvalue weighted by Gasteiger charge is -2.18. The predicted molar refractivity (Wildman–Crippen MR) is 128 cm³/mol. The minimum Gasteiger partial charge on any atom is -0.311 e. The average Bonchev–Trinajstić information content (AvgIpc) is 3.42. The first-order chi connectivity index (χ1) is 15.1. The van der Waals surface area contributed by atoms with E-state index in [9.17, 15) is 4.79 Å². The van der Waals surface area contributed by atoms with Crippen LogP contribution in [0.25, 0.3) is 11.4 Å². The van der Waals surface area contributed by atoms with Crippen LogP contribution in [0.3, 0.4) is 0 Å². The van der Waals surface area contributed by atoms with Gasteiger partial charge in [0.05, 0.1) is 5.75 Å². The highest BCUT2D eigenvalue weighted by Crippen LogP contribution is 2.32. The third-order valence-electron chi connectivity index (χ3n) is 5.24. The molecule has 0 N–H and O–H groups in total. The Morgan fingerprint density at radius 2 is 2.00 bits per heavy atom. The molecule has 1 aliphatic heterocycles. The normalized spacial score (nSPS) is 12.5. The number of hydrogen-bond acceptors (Lipinski definition) is 5. The smallest absolute Gasteiger partial charge is 0.237 e. The van der Waals surface area contributed by atoms with Crippen LogP contribution in [0.1, 0.15) is 51.7 Å². The quantitative estimate of drug-likeness (QED) is 0.497. The summed E-state index contributed by atoms with van der Waals surface area (Å²) in [5, 5.41) is 9.40. The van der Waals surface area contributed by atoms with Crippen LogP contribution >= 0.6 is 11.8 Å². The van der Waals surface area contributed by atoms with Crippen molar-refractivity contribution < 1.29 is 4.79 Å². The topological polar surface area (TPSA) is 63.9 Å². The van der Waals surface area contributed by atoms with Gasteiger partial charge in [-0.3, -0.25) is 9.78 Å². The number of aromatic nitrogens is 4. The Balaban J connectivity index is 0.00000132. The van der Waals surface area contributed by atoms with Crippen molar-refractivity contribution in [3.63, 3.8) is 0 Å². The molecule has 4 rings (SSSR count). The lowest BCUT2D eigenvalue weighted by atomic mass is 10.00. The van der Waals surface area contributed by atoms with Crippen molar-refractivity contribution >= 4 is 23.4 Å². The van der Waals surface area contributed by atoms with Gasteiger partial charge in [0.2, 0.25) is 5.91 Å². The molecule has 0 atom stereocenters. The van der Waals surface area contributed by atoms with Gasteiger partial charge in [0, 0.05) is 36.7 Å². The molecular weight excluding hydrogens is 406 g/mol. The molecular formula is C24H31N5OS. The maximum atomic E-state index is 12.9. The van der Waals surface area contributed by atoms with Crippen molar-refractivity contribution in [2.75, 3.05) is 17.2 Å². The Hall–Kier alpha value is -2.67. The minimum absolute atomic E-state index is 0.111. The average molecular weight is 438 g/mol. The fourth-order valence-electron chi connectivity index (χ4n) is 3.63. The Morgan fingerprint density at radius 3 is 2.68 bits per heavy atom. The van der Waals surface area contributed by atoms with E-state index >= 15 is 0 Å². The molecule has 0 saturated heterocycles. The van der Waals surface area contributed by atoms with Crippen molar-refractivity contribution in [2.24, 2.45) is 0 Å². The molecule has 3 aromatic rings. The molecule has 0 saturated carbocycles. The van der Waals surface area contributed by atoms with Crippen molar-refractivity contribution in [2.45, 2.75) is 58.7 Å². The molecule has 2 aromatic heterocycles. The van der Waals surface area contributed by atoms with Gasteiger partial charge in [-0.2, -0.15) is 0 Å². The third kappa shape index (κ3) is 4.98. The molecule has 164 valence electrons. The zero-order valence-electron chi connectivity index (χ0n) is 19.0. The van der Waals surface area contributed by atoms with E-state index in [0.29, 0.717) is 11.7 Å². The molecule has 1 aromatic carbocycles. The number of fused-ring (bicyclic) bond motifs is 1. The van der Waals surface area contributed by atoms with E-state index in [4.69, 9.17) is 0 Å². The van der Waals surface area contributed by atoms with Gasteiger partial charge in [-0.1, -0.05) is 51.6 Å². The van der Waals surface area contributed by atoms with Crippen LogP contribution < -0.4 is 4.90 Å². The minimum atomic E-state index is 0.111. The summed E-state index contributed by atoms with van der Waals surface area (Å²) in [6.45, 7) is 11.9. The fourth-order valence-corrected chi connectivity index (χ4v) is 4.51. The van der Waals surface area contributed by atoms with Gasteiger partial charge in [-0.15, -0.1) is 10.2 Å². The molecule has 0 spiro atoms. The summed E-state index contributed by atoms with van der Waals surface area (Å²) in [5.41, 5.74) is 4.57. The van der Waals surface area contributed by atoms with Gasteiger partial charge in [0.25, 0.3) is 0 Å². The van der Waals surface area contributed by atoms with E-state index in [2.05, 4.69) is 54.2 Å². The van der Waals surface area contributed by atoms with Crippen LogP contribution in [0.5, 0.6) is 0 Å². The second-order valence-electron chi connectivity index (χ2n) is 7.42. The summed E-state index contributed by atoms with van der Waals surface area (Å²) < 4.78 is 2.03. The lowest BCUT2D eigenvalue weighted by Crippen LogP contribution is -2.30. The largest absolute Gasteiger partial charge is 0.311 e. The molecule has 1 aliphatic rings. The molecule has 31 heavy (non-hydrogen) atoms. The standard InChI is InChI=1S/C22H25N5OS.C2H6/c1-4-26-21(18-6-5-10-23-13-18)24-25-22(26)29-14-20(28)27-11-9-17-12-16(15(2)3)7-8-19(17)27;1-2/h5-8,10,12-13,15H,4,9,11,14H2,1-3H3;1-2H3. The zero-order valence-corrected chi connectivity index (χ0v) is 19.8. The number of rotatable bonds is 6. The molecule has 0 fully saturated rings. The van der Waals surface area contributed by atoms with Crippen LogP contribution in [0.4, 0.5) is 5.69 Å². The SMILES string of the molecule is CC.CCn1c(SCC(=O)N2CCc3cc(C(C)C)ccc32)nnc1-c1cccnc1. The molecule has 0 unspecified atom stereocenters. The highest BCUT2D eigenvalue weighted by Gasteiger charge is 2.25. The number of hydrogen-bond donors (Lipinski definition) is 0. The van der Waals surface area contributed by atoms with Crippen molar-refractivity contribution in [3.8, 4) is 11.4 Å². The second kappa shape index (κ2) is 10.6. The summed E-state index contributed by atoms with van der Waals surface area (Å²) in [4.78, 5) is 19.0. The monoisotopic (exact) mass is 437 g/mol. The van der Waals surface area contributed by atoms with Crippen molar-refractivity contribution in [1.82, 2.24) is 19.7 Å². The first kappa shape index (κ1) is 23.0. The molecule has 7 heteroatoms. The van der Waals surface area contributed by atoms with Gasteiger partial charge in [0.15, 0.2) is 11.0 Å². The van der Waals surface area contributed by atoms with E-state index in [0.717, 1.165) is 41.7 Å². The maximum absolute atomic E-state index is 12.9. The number of pyridine rings is 1. The van der Waals surface area contributed by atoms with E-state index in [1.54, 1.807) is 12.4 Å². The Morgan fingerprint density at radius 1 is 1.19 bits per heavy atom. The lowest BCUT2D eigenvalue weighted by molar-refractivity contribution is -0.116. The van der Waals surface area contributed by atoms with Crippen LogP contribution in [0, 0.1) is 0 Å². The van der Waals surface area contributed by atoms with Gasteiger partial charge in [0.1, 0.15) is 0 Å². The predicted octanol–water partition coefficient (Wildman–Crippen LogP) is 5.19. The third-order valence-corrected chi connectivity index (χ3v) is 6.20. The summed E-state index contributed by atoms with van der Waals surface area (Å²) in [7, 11) is 0. The van der Waals surface area contributed by atoms with Crippen LogP contribution in [-0.2, 0) is 17.8 Å². The van der Waals surface area contributed by atoms with Crippen LogP contribution in [-0.4, -0.2) is 38.0 Å². The number of thioether (sulfide) groups is 1. The second-order valence-corrected chi connectivity index (χ2v) is 8.36. The first-order valence-electron chi connectivity index (χ1n) is 11.0. The first-order valence-corrected chi connectivity index (χ1v) is 12.0. The van der Waals surface area contributed by atoms with Gasteiger partial charge in [-0.25, -0.2) is 0 Å². The summed E-state index contributed by atoms with van der Waals surface area (Å²) in [5.74, 6) is 1.73. The number of amides is 1. The van der Waals surface area contributed by atoms with E-state index in [1.165, 1.54) is 22.9 Å². The van der Waals surface area contributed by atoms with Crippen LogP contribution in [0.15, 0.2) is 47.9 Å². The highest BCUT2D eigenvalue weighted by molar-refractivity contribution is 7.99. The number of benzene rings is 1. The van der Waals surface area contributed by atoms with E-state index in [-0.39, 0.29) is 5.91 Å². The molecule has 0 radical (unpaired) electrons. The number of carbonyl (C=O) groups is 1. The Bertz CT molecular complexity index is 1020. The van der Waals surface area contributed by atoms with Gasteiger partial charge >= 0.3 is 0 Å². The fraction of sp³-hybridized carbons (Fsp3) is 0.417. The molecule has 0 bridgehead atoms. The molecule has 0 aliphatic carbocycles. The van der Waals surface area contributed by atoms with Gasteiger partial charge < -0.3 is 9.47 Å². The molecule has 1 amide bonds. The number of carbonyl (C=O) groups excluding carboxylic acids is 1.